The minimum absolute atomic E-state index is 0.00875. The van der Waals surface area contributed by atoms with Gasteiger partial charge in [0.1, 0.15) is 0 Å². The van der Waals surface area contributed by atoms with Gasteiger partial charge < -0.3 is 9.67 Å². The van der Waals surface area contributed by atoms with Crippen molar-refractivity contribution in [2.75, 3.05) is 0 Å². The van der Waals surface area contributed by atoms with E-state index in [-0.39, 0.29) is 6.42 Å². The molecule has 3 rings (SSSR count). The predicted molar refractivity (Wildman–Crippen MR) is 72.4 cm³/mol. The zero-order chi connectivity index (χ0) is 13.6. The van der Waals surface area contributed by atoms with Gasteiger partial charge in [0.25, 0.3) is 0 Å². The van der Waals surface area contributed by atoms with Crippen molar-refractivity contribution in [1.82, 2.24) is 14.0 Å². The van der Waals surface area contributed by atoms with Crippen molar-refractivity contribution in [1.29, 1.82) is 0 Å². The summed E-state index contributed by atoms with van der Waals surface area (Å²) < 4.78 is 3.81. The number of hydrogen-bond acceptors (Lipinski definition) is 2. The zero-order valence-corrected chi connectivity index (χ0v) is 10.9. The molecule has 1 aromatic carbocycles. The summed E-state index contributed by atoms with van der Waals surface area (Å²) in [5, 5.41) is 8.91. The fourth-order valence-electron chi connectivity index (χ4n) is 2.50. The first-order valence-electron chi connectivity index (χ1n) is 6.28. The molecule has 0 spiro atoms. The minimum atomic E-state index is -0.831. The van der Waals surface area contributed by atoms with Crippen LogP contribution >= 0.6 is 0 Å². The molecule has 0 saturated carbocycles. The van der Waals surface area contributed by atoms with Crippen LogP contribution in [0.15, 0.2) is 24.4 Å². The van der Waals surface area contributed by atoms with E-state index in [1.165, 1.54) is 5.56 Å². The van der Waals surface area contributed by atoms with E-state index in [1.807, 2.05) is 34.3 Å². The van der Waals surface area contributed by atoms with Gasteiger partial charge in [-0.15, -0.1) is 0 Å². The van der Waals surface area contributed by atoms with Crippen LogP contribution in [0.1, 0.15) is 18.2 Å². The van der Waals surface area contributed by atoms with E-state index in [0.717, 1.165) is 28.9 Å². The smallest absolute Gasteiger partial charge is 0.309 e. The van der Waals surface area contributed by atoms with Gasteiger partial charge >= 0.3 is 5.97 Å². The van der Waals surface area contributed by atoms with Crippen molar-refractivity contribution >= 4 is 22.8 Å². The average Bonchev–Trinajstić information content (AvgIpc) is 2.88. The van der Waals surface area contributed by atoms with Gasteiger partial charge in [0, 0.05) is 18.9 Å². The topological polar surface area (TPSA) is 59.5 Å². The number of rotatable bonds is 3. The van der Waals surface area contributed by atoms with Gasteiger partial charge in [-0.25, -0.2) is 4.98 Å². The third kappa shape index (κ3) is 1.69. The number of carboxylic acids is 1. The van der Waals surface area contributed by atoms with Crippen LogP contribution in [-0.2, 0) is 24.7 Å². The third-order valence-corrected chi connectivity index (χ3v) is 3.51. The Bertz CT molecular complexity index is 783. The van der Waals surface area contributed by atoms with E-state index in [0.29, 0.717) is 0 Å². The van der Waals surface area contributed by atoms with Crippen molar-refractivity contribution in [3.8, 4) is 0 Å². The van der Waals surface area contributed by atoms with Crippen molar-refractivity contribution in [3.63, 3.8) is 0 Å². The second-order valence-electron chi connectivity index (χ2n) is 4.67. The average molecular weight is 257 g/mol. The van der Waals surface area contributed by atoms with Crippen LogP contribution in [0.3, 0.4) is 0 Å². The fraction of sp³-hybridized carbons (Fsp3) is 0.286. The van der Waals surface area contributed by atoms with E-state index in [4.69, 9.17) is 5.11 Å². The quantitative estimate of drug-likeness (QED) is 0.780. The summed E-state index contributed by atoms with van der Waals surface area (Å²) in [6.07, 6.45) is 2.80. The normalized spacial score (nSPS) is 11.5. The number of para-hydroxylation sites is 1. The molecule has 3 aromatic rings. The summed E-state index contributed by atoms with van der Waals surface area (Å²) in [7, 11) is 1.85. The van der Waals surface area contributed by atoms with E-state index in [9.17, 15) is 4.79 Å². The number of fused-ring (bicyclic) bond motifs is 3. The number of nitrogens with zero attached hydrogens (tertiary/aromatic N) is 3. The van der Waals surface area contributed by atoms with Crippen molar-refractivity contribution in [2.45, 2.75) is 19.8 Å². The van der Waals surface area contributed by atoms with Gasteiger partial charge in [-0.05, 0) is 18.1 Å². The highest BCUT2D eigenvalue weighted by molar-refractivity contribution is 5.83. The maximum Gasteiger partial charge on any atom is 0.309 e. The Balaban J connectivity index is 2.30. The highest BCUT2D eigenvalue weighted by Gasteiger charge is 2.14. The molecular weight excluding hydrogens is 242 g/mol. The molecule has 5 nitrogen and oxygen atoms in total. The van der Waals surface area contributed by atoms with Crippen molar-refractivity contribution in [2.24, 2.45) is 7.05 Å². The monoisotopic (exact) mass is 257 g/mol. The summed E-state index contributed by atoms with van der Waals surface area (Å²) >= 11 is 0. The van der Waals surface area contributed by atoms with Gasteiger partial charge in [0.05, 0.1) is 17.5 Å². The lowest BCUT2D eigenvalue weighted by Gasteiger charge is -1.99. The largest absolute Gasteiger partial charge is 0.481 e. The highest BCUT2D eigenvalue weighted by Crippen LogP contribution is 2.22. The maximum absolute atomic E-state index is 10.8. The van der Waals surface area contributed by atoms with Crippen LogP contribution < -0.4 is 0 Å². The number of aromatic nitrogens is 3. The first-order valence-corrected chi connectivity index (χ1v) is 6.28. The summed E-state index contributed by atoms with van der Waals surface area (Å²) in [6.45, 7) is 2.11. The molecule has 0 aliphatic carbocycles. The Morgan fingerprint density at radius 3 is 2.89 bits per heavy atom. The second kappa shape index (κ2) is 4.12. The minimum Gasteiger partial charge on any atom is -0.481 e. The molecule has 0 fully saturated rings. The fourth-order valence-corrected chi connectivity index (χ4v) is 2.50. The molecular formula is C14H15N3O2. The van der Waals surface area contributed by atoms with Crippen LogP contribution in [0.2, 0.25) is 0 Å². The van der Waals surface area contributed by atoms with Gasteiger partial charge in [0.15, 0.2) is 0 Å². The van der Waals surface area contributed by atoms with Crippen LogP contribution in [0.25, 0.3) is 16.8 Å². The third-order valence-electron chi connectivity index (χ3n) is 3.51. The second-order valence-corrected chi connectivity index (χ2v) is 4.67. The van der Waals surface area contributed by atoms with Gasteiger partial charge in [-0.3, -0.25) is 9.20 Å². The lowest BCUT2D eigenvalue weighted by Crippen LogP contribution is -2.05. The lowest BCUT2D eigenvalue weighted by atomic mass is 10.1. The molecule has 19 heavy (non-hydrogen) atoms. The summed E-state index contributed by atoms with van der Waals surface area (Å²) in [6, 6.07) is 6.10. The molecule has 1 N–H and O–H groups in total. The van der Waals surface area contributed by atoms with Crippen LogP contribution in [-0.4, -0.2) is 25.0 Å². The summed E-state index contributed by atoms with van der Waals surface area (Å²) in [5.41, 5.74) is 3.99. The van der Waals surface area contributed by atoms with Gasteiger partial charge in [0.2, 0.25) is 5.78 Å². The number of carboxylic acid groups (broad SMARTS) is 1. The zero-order valence-electron chi connectivity index (χ0n) is 10.9. The number of benzene rings is 1. The molecule has 0 unspecified atom stereocenters. The van der Waals surface area contributed by atoms with Crippen LogP contribution in [0.4, 0.5) is 0 Å². The van der Waals surface area contributed by atoms with Crippen molar-refractivity contribution < 1.29 is 9.90 Å². The molecule has 0 aliphatic rings. The van der Waals surface area contributed by atoms with E-state index >= 15 is 0 Å². The van der Waals surface area contributed by atoms with E-state index < -0.39 is 5.97 Å². The first kappa shape index (κ1) is 11.8. The Morgan fingerprint density at radius 2 is 2.21 bits per heavy atom. The molecule has 98 valence electrons. The molecule has 0 radical (unpaired) electrons. The molecule has 0 atom stereocenters. The number of aliphatic carboxylic acids is 1. The van der Waals surface area contributed by atoms with Gasteiger partial charge in [-0.1, -0.05) is 19.1 Å². The van der Waals surface area contributed by atoms with Crippen molar-refractivity contribution in [3.05, 3.63) is 35.7 Å². The molecule has 2 heterocycles. The Kier molecular flexibility index (Phi) is 2.55. The van der Waals surface area contributed by atoms with Crippen LogP contribution in [0, 0.1) is 0 Å². The molecule has 0 amide bonds. The van der Waals surface area contributed by atoms with Crippen LogP contribution in [0.5, 0.6) is 0 Å². The van der Waals surface area contributed by atoms with E-state index in [1.54, 1.807) is 0 Å². The standard InChI is InChI=1S/C14H15N3O2/c1-3-9-5-4-6-11-13(9)15-14-16(2)10(7-12(18)19)8-17(11)14/h4-6,8H,3,7H2,1-2H3,(H,18,19). The predicted octanol–water partition coefficient (Wildman–Crippen LogP) is 2.02. The molecule has 2 aromatic heterocycles. The molecule has 0 bridgehead atoms. The maximum atomic E-state index is 10.8. The SMILES string of the molecule is CCc1cccc2c1nc1n(C)c(CC(=O)O)cn21. The molecule has 0 aliphatic heterocycles. The van der Waals surface area contributed by atoms with Gasteiger partial charge in [-0.2, -0.15) is 0 Å². The number of carbonyl (C=O) groups is 1. The summed E-state index contributed by atoms with van der Waals surface area (Å²) in [4.78, 5) is 15.5. The van der Waals surface area contributed by atoms with E-state index in [2.05, 4.69) is 18.0 Å². The Morgan fingerprint density at radius 1 is 1.42 bits per heavy atom. The first-order chi connectivity index (χ1) is 9.11. The lowest BCUT2D eigenvalue weighted by molar-refractivity contribution is -0.136. The molecule has 5 heteroatoms. The summed E-state index contributed by atoms with van der Waals surface area (Å²) in [5.74, 6) is -0.0467. The Hall–Kier alpha value is -2.30. The number of imidazole rings is 2. The molecule has 0 saturated heterocycles. The number of hydrogen-bond donors (Lipinski definition) is 1. The highest BCUT2D eigenvalue weighted by atomic mass is 16.4. The number of aryl methyl sites for hydroxylation is 2. The Labute approximate surface area is 110 Å².